The Morgan fingerprint density at radius 1 is 0.542 bits per heavy atom. The van der Waals surface area contributed by atoms with Crippen LogP contribution < -0.4 is 9.64 Å². The zero-order valence-electron chi connectivity index (χ0n) is 49.7. The van der Waals surface area contributed by atoms with Crippen LogP contribution in [0.15, 0.2) is 170 Å². The van der Waals surface area contributed by atoms with Gasteiger partial charge in [-0.2, -0.15) is 12.1 Å². The largest absolute Gasteiger partial charge is 0.509 e. The van der Waals surface area contributed by atoms with Crippen LogP contribution in [0.1, 0.15) is 91.1 Å². The topological polar surface area (TPSA) is 48.1 Å². The molecular weight excluding hydrogens is 1060 g/mol. The van der Waals surface area contributed by atoms with Crippen LogP contribution in [0.2, 0.25) is 0 Å². The summed E-state index contributed by atoms with van der Waals surface area (Å²) >= 11 is 0. The van der Waals surface area contributed by atoms with Gasteiger partial charge in [0.2, 0.25) is 0 Å². The third kappa shape index (κ3) is 7.97. The molecule has 5 heterocycles. The monoisotopic (exact) mass is 1130 g/mol. The summed E-state index contributed by atoms with van der Waals surface area (Å²) < 4.78 is 90.0. The van der Waals surface area contributed by atoms with Crippen LogP contribution in [0.4, 0.5) is 11.4 Å². The van der Waals surface area contributed by atoms with Crippen molar-refractivity contribution in [1.29, 1.82) is 0 Å². The van der Waals surface area contributed by atoms with Crippen molar-refractivity contribution in [3.8, 4) is 28.4 Å². The molecule has 7 heteroatoms. The fourth-order valence-corrected chi connectivity index (χ4v) is 10.2. The van der Waals surface area contributed by atoms with Crippen LogP contribution in [-0.4, -0.2) is 19.1 Å². The number of anilines is 2. The zero-order valence-corrected chi connectivity index (χ0v) is 43.0. The number of para-hydroxylation sites is 3. The summed E-state index contributed by atoms with van der Waals surface area (Å²) in [5.74, 6) is 1.71. The molecule has 0 saturated heterocycles. The minimum absolute atomic E-state index is 0. The molecule has 72 heavy (non-hydrogen) atoms. The summed E-state index contributed by atoms with van der Waals surface area (Å²) in [7, 11) is 0. The fourth-order valence-electron chi connectivity index (χ4n) is 10.2. The van der Waals surface area contributed by atoms with Crippen LogP contribution in [-0.2, 0) is 37.3 Å². The van der Waals surface area contributed by atoms with E-state index < -0.39 is 31.4 Å². The number of aromatic nitrogens is 4. The Balaban J connectivity index is 0.00000690. The van der Waals surface area contributed by atoms with Gasteiger partial charge in [0.1, 0.15) is 5.82 Å². The number of hydrogen-bond donors (Lipinski definition) is 0. The van der Waals surface area contributed by atoms with Gasteiger partial charge >= 0.3 is 0 Å². The second-order valence-electron chi connectivity index (χ2n) is 20.6. The summed E-state index contributed by atoms with van der Waals surface area (Å²) in [6.07, 6.45) is 5.46. The van der Waals surface area contributed by atoms with E-state index >= 15 is 0 Å². The first-order chi connectivity index (χ1) is 37.8. The van der Waals surface area contributed by atoms with Crippen LogP contribution in [0.25, 0.3) is 82.1 Å². The fraction of sp³-hybridized carbons (Fsp3) is 0.185. The summed E-state index contributed by atoms with van der Waals surface area (Å²) in [6, 6.07) is 56.4. The number of nitrogens with zero attached hydrogens (tertiary/aromatic N) is 5. The minimum Gasteiger partial charge on any atom is -0.509 e. The van der Waals surface area contributed by atoms with E-state index in [0.29, 0.717) is 39.4 Å². The number of pyridine rings is 2. The van der Waals surface area contributed by atoms with Gasteiger partial charge in [-0.3, -0.25) is 4.98 Å². The first-order valence-corrected chi connectivity index (χ1v) is 23.9. The first kappa shape index (κ1) is 37.4. The second kappa shape index (κ2) is 17.4. The van der Waals surface area contributed by atoms with Gasteiger partial charge in [-0.05, 0) is 124 Å². The van der Waals surface area contributed by atoms with Crippen molar-refractivity contribution in [2.45, 2.75) is 78.3 Å². The third-order valence-corrected chi connectivity index (χ3v) is 13.8. The molecule has 0 bridgehead atoms. The molecule has 360 valence electrons. The summed E-state index contributed by atoms with van der Waals surface area (Å²) in [5, 5.41) is 7.39. The molecule has 0 saturated carbocycles. The SMILES string of the molecule is [2H]C([2H])([2H])C(c1cc(-c2cccc3c4ccncc4c4ccccc4c4cccc5c4n(c23)[CH-]N5c2[c-]c(Oc3[c-]c4c(cc3)c3ccccc3n4-c3cc(C(C)(C)C)ccn3)ccc2)cc(C(C)(C)C)c1)(C([2H])([2H])[2H])C([2H])([2H])[2H].[Pt]. The molecule has 7 aromatic carbocycles. The summed E-state index contributed by atoms with van der Waals surface area (Å²) in [5.41, 5.74) is 3.19. The number of fused-ring (bicyclic) bond motifs is 10. The Kier molecular flexibility index (Phi) is 9.05. The maximum atomic E-state index is 8.78. The molecule has 1 aliphatic rings. The predicted molar refractivity (Wildman–Crippen MR) is 296 cm³/mol. The van der Waals surface area contributed by atoms with Gasteiger partial charge in [0.05, 0.1) is 0 Å². The van der Waals surface area contributed by atoms with Gasteiger partial charge in [0, 0.05) is 80.1 Å². The third-order valence-electron chi connectivity index (χ3n) is 13.8. The molecule has 0 N–H and O–H groups in total. The van der Waals surface area contributed by atoms with E-state index in [9.17, 15) is 0 Å². The molecule has 1 aliphatic heterocycles. The maximum Gasteiger partial charge on any atom is 0.135 e. The van der Waals surface area contributed by atoms with E-state index in [1.807, 2.05) is 131 Å². The van der Waals surface area contributed by atoms with Gasteiger partial charge < -0.3 is 18.8 Å². The van der Waals surface area contributed by atoms with Crippen molar-refractivity contribution < 1.29 is 38.1 Å². The van der Waals surface area contributed by atoms with E-state index in [4.69, 9.17) is 22.1 Å². The smallest absolute Gasteiger partial charge is 0.135 e. The number of rotatable bonds is 5. The van der Waals surface area contributed by atoms with E-state index in [1.54, 1.807) is 6.20 Å². The minimum atomic E-state index is -3.48. The Labute approximate surface area is 449 Å². The van der Waals surface area contributed by atoms with Gasteiger partial charge in [0.15, 0.2) is 0 Å². The molecule has 12 rings (SSSR count). The number of ether oxygens (including phenoxy) is 1. The van der Waals surface area contributed by atoms with Crippen molar-refractivity contribution in [2.24, 2.45) is 0 Å². The van der Waals surface area contributed by atoms with Crippen molar-refractivity contribution in [2.75, 3.05) is 4.90 Å². The number of hydrogen-bond acceptors (Lipinski definition) is 4. The quantitative estimate of drug-likeness (QED) is 0.161. The molecular formula is C65H56N5OPt-3. The zero-order chi connectivity index (χ0) is 56.5. The molecule has 0 atom stereocenters. The van der Waals surface area contributed by atoms with Crippen LogP contribution in [0.5, 0.6) is 11.5 Å². The molecule has 11 aromatic rings. The van der Waals surface area contributed by atoms with E-state index in [1.165, 1.54) is 12.1 Å². The summed E-state index contributed by atoms with van der Waals surface area (Å²) in [4.78, 5) is 11.6. The molecule has 0 aliphatic carbocycles. The molecule has 0 fully saturated rings. The number of benzene rings is 7. The molecule has 0 unspecified atom stereocenters. The normalized spacial score (nSPS) is 15.1. The van der Waals surface area contributed by atoms with Crippen molar-refractivity contribution in [1.82, 2.24) is 19.1 Å². The first-order valence-electron chi connectivity index (χ1n) is 28.4. The van der Waals surface area contributed by atoms with E-state index in [-0.39, 0.29) is 32.0 Å². The van der Waals surface area contributed by atoms with Gasteiger partial charge in [-0.25, -0.2) is 4.98 Å². The molecule has 4 aromatic heterocycles. The predicted octanol–water partition coefficient (Wildman–Crippen LogP) is 17.2. The maximum absolute atomic E-state index is 8.78. The van der Waals surface area contributed by atoms with Crippen molar-refractivity contribution >= 4 is 76.5 Å². The molecule has 0 radical (unpaired) electrons. The van der Waals surface area contributed by atoms with Gasteiger partial charge in [-0.1, -0.05) is 164 Å². The van der Waals surface area contributed by atoms with E-state index in [2.05, 4.69) is 100 Å². The summed E-state index contributed by atoms with van der Waals surface area (Å²) in [6.45, 7) is 3.92. The van der Waals surface area contributed by atoms with Crippen LogP contribution in [0.3, 0.4) is 0 Å². The Bertz CT molecular complexity index is 4350. The van der Waals surface area contributed by atoms with Crippen LogP contribution in [0, 0.1) is 18.8 Å². The Morgan fingerprint density at radius 3 is 1.96 bits per heavy atom. The Morgan fingerprint density at radius 2 is 1.19 bits per heavy atom. The molecule has 0 amide bonds. The Hall–Kier alpha value is -7.40. The molecule has 0 spiro atoms. The average Bonchev–Trinajstić information content (AvgIpc) is 4.19. The second-order valence-corrected chi connectivity index (χ2v) is 20.6. The standard InChI is InChI=1S/C65H56N5O.Pt/c1-63(2,3)42-29-32-67-60(36-42)70-57-25-13-12-21-52(57)53-28-27-47(38-59(53)70)71-46-18-14-17-45(37-46)68-40-69-61-48(41-33-43(64(4,5)6)35-44(34-41)65(7,8)9)22-15-23-54(61)51-30-31-66-39-56(51)50-20-11-10-19-49(50)55-24-16-26-58(68)62(55)69;/h10-36,39-40H,1-9H3;/q-3;/i4D3,5D3,6D3;. The average molecular weight is 1130 g/mol. The molecule has 6 nitrogen and oxygen atoms in total. The van der Waals surface area contributed by atoms with Crippen molar-refractivity contribution in [3.63, 3.8) is 0 Å². The van der Waals surface area contributed by atoms with E-state index in [0.717, 1.165) is 76.7 Å². The van der Waals surface area contributed by atoms with Gasteiger partial charge in [-0.15, -0.1) is 35.7 Å². The van der Waals surface area contributed by atoms with Crippen molar-refractivity contribution in [3.05, 3.63) is 206 Å². The van der Waals surface area contributed by atoms with Crippen LogP contribution >= 0.6 is 0 Å². The van der Waals surface area contributed by atoms with Gasteiger partial charge in [0.25, 0.3) is 0 Å².